The molecule has 1 N–H and O–H groups in total. The molecule has 1 saturated carbocycles. The first kappa shape index (κ1) is 8.52. The summed E-state index contributed by atoms with van der Waals surface area (Å²) >= 11 is 0. The van der Waals surface area contributed by atoms with Gasteiger partial charge in [-0.25, -0.2) is 0 Å². The van der Waals surface area contributed by atoms with Gasteiger partial charge in [0.05, 0.1) is 0 Å². The lowest BCUT2D eigenvalue weighted by molar-refractivity contribution is 0.141. The minimum Gasteiger partial charge on any atom is -0.316 e. The zero-order chi connectivity index (χ0) is 8.39. The number of rotatable bonds is 3. The Morgan fingerprint density at radius 2 is 2.17 bits per heavy atom. The van der Waals surface area contributed by atoms with Gasteiger partial charge in [-0.3, -0.25) is 0 Å². The Morgan fingerprint density at radius 3 is 2.67 bits per heavy atom. The van der Waals surface area contributed by atoms with Gasteiger partial charge >= 0.3 is 0 Å². The lowest BCUT2D eigenvalue weighted by atomic mass is 9.91. The lowest BCUT2D eigenvalue weighted by Crippen LogP contribution is -2.40. The van der Waals surface area contributed by atoms with E-state index in [4.69, 9.17) is 0 Å². The van der Waals surface area contributed by atoms with Crippen molar-refractivity contribution < 1.29 is 0 Å². The topological polar surface area (TPSA) is 15.3 Å². The average Bonchev–Trinajstić information content (AvgIpc) is 2.34. The lowest BCUT2D eigenvalue weighted by Gasteiger charge is -2.36. The predicted octanol–water partition coefficient (Wildman–Crippen LogP) is 1.08. The smallest absolute Gasteiger partial charge is 0.00923 e. The first-order valence-electron chi connectivity index (χ1n) is 5.27. The Balaban J connectivity index is 1.69. The van der Waals surface area contributed by atoms with E-state index in [0.717, 1.165) is 12.0 Å². The van der Waals surface area contributed by atoms with Crippen LogP contribution in [0.2, 0.25) is 0 Å². The summed E-state index contributed by atoms with van der Waals surface area (Å²) in [5, 5.41) is 3.43. The summed E-state index contributed by atoms with van der Waals surface area (Å²) in [6.07, 6.45) is 5.72. The molecule has 70 valence electrons. The first-order valence-corrected chi connectivity index (χ1v) is 5.27. The predicted molar refractivity (Wildman–Crippen MR) is 51.2 cm³/mol. The normalized spacial score (nSPS) is 31.0. The van der Waals surface area contributed by atoms with Crippen LogP contribution in [0.3, 0.4) is 0 Å². The van der Waals surface area contributed by atoms with Gasteiger partial charge in [0.15, 0.2) is 0 Å². The molecule has 1 unspecified atom stereocenters. The molecule has 0 radical (unpaired) electrons. The van der Waals surface area contributed by atoms with Crippen molar-refractivity contribution in [2.75, 3.05) is 26.7 Å². The Labute approximate surface area is 75.3 Å². The van der Waals surface area contributed by atoms with Crippen molar-refractivity contribution in [3.63, 3.8) is 0 Å². The summed E-state index contributed by atoms with van der Waals surface area (Å²) in [7, 11) is 2.29. The SMILES string of the molecule is CN(CC1CCNC1)C1CCC1. The van der Waals surface area contributed by atoms with Crippen LogP contribution in [0, 0.1) is 5.92 Å². The van der Waals surface area contributed by atoms with Gasteiger partial charge in [-0.05, 0) is 45.3 Å². The van der Waals surface area contributed by atoms with Crippen LogP contribution < -0.4 is 5.32 Å². The molecule has 0 aromatic heterocycles. The highest BCUT2D eigenvalue weighted by Crippen LogP contribution is 2.24. The second-order valence-electron chi connectivity index (χ2n) is 4.38. The summed E-state index contributed by atoms with van der Waals surface area (Å²) in [5.74, 6) is 0.926. The fraction of sp³-hybridized carbons (Fsp3) is 1.00. The molecule has 0 amide bonds. The van der Waals surface area contributed by atoms with Crippen molar-refractivity contribution in [2.24, 2.45) is 5.92 Å². The van der Waals surface area contributed by atoms with Gasteiger partial charge in [-0.2, -0.15) is 0 Å². The number of hydrogen-bond acceptors (Lipinski definition) is 2. The summed E-state index contributed by atoms with van der Waals surface area (Å²) in [6, 6.07) is 0.922. The maximum absolute atomic E-state index is 3.43. The third-order valence-corrected chi connectivity index (χ3v) is 3.41. The molecule has 1 heterocycles. The maximum atomic E-state index is 3.43. The van der Waals surface area contributed by atoms with Crippen LogP contribution in [0.1, 0.15) is 25.7 Å². The van der Waals surface area contributed by atoms with Crippen LogP contribution >= 0.6 is 0 Å². The quantitative estimate of drug-likeness (QED) is 0.678. The van der Waals surface area contributed by atoms with Crippen LogP contribution in [0.5, 0.6) is 0 Å². The standard InChI is InChI=1S/C10H20N2/c1-12(10-3-2-4-10)8-9-5-6-11-7-9/h9-11H,2-8H2,1H3. The molecule has 1 aliphatic heterocycles. The number of nitrogens with one attached hydrogen (secondary N) is 1. The molecule has 1 atom stereocenters. The fourth-order valence-corrected chi connectivity index (χ4v) is 2.25. The molecule has 0 aromatic carbocycles. The Bertz CT molecular complexity index is 137. The van der Waals surface area contributed by atoms with Gasteiger partial charge in [0, 0.05) is 12.6 Å². The zero-order valence-corrected chi connectivity index (χ0v) is 8.05. The van der Waals surface area contributed by atoms with Gasteiger partial charge in [-0.1, -0.05) is 6.42 Å². The molecule has 0 bridgehead atoms. The Hall–Kier alpha value is -0.0800. The molecule has 0 spiro atoms. The van der Waals surface area contributed by atoms with Crippen LogP contribution in [0.25, 0.3) is 0 Å². The molecule has 2 aliphatic rings. The van der Waals surface area contributed by atoms with E-state index in [1.807, 2.05) is 0 Å². The summed E-state index contributed by atoms with van der Waals surface area (Å²) in [6.45, 7) is 3.80. The molecule has 2 nitrogen and oxygen atoms in total. The molecule has 2 heteroatoms. The van der Waals surface area contributed by atoms with E-state index in [-0.39, 0.29) is 0 Å². The summed E-state index contributed by atoms with van der Waals surface area (Å²) < 4.78 is 0. The van der Waals surface area contributed by atoms with Gasteiger partial charge in [0.1, 0.15) is 0 Å². The second kappa shape index (κ2) is 3.75. The minimum absolute atomic E-state index is 0.922. The van der Waals surface area contributed by atoms with Crippen LogP contribution in [-0.4, -0.2) is 37.6 Å². The maximum Gasteiger partial charge on any atom is 0.00923 e. The van der Waals surface area contributed by atoms with Crippen LogP contribution in [-0.2, 0) is 0 Å². The average molecular weight is 168 g/mol. The molecule has 2 rings (SSSR count). The summed E-state index contributed by atoms with van der Waals surface area (Å²) in [5.41, 5.74) is 0. The van der Waals surface area contributed by atoms with Gasteiger partial charge < -0.3 is 10.2 Å². The molecular weight excluding hydrogens is 148 g/mol. The highest BCUT2D eigenvalue weighted by atomic mass is 15.1. The van der Waals surface area contributed by atoms with Gasteiger partial charge in [0.2, 0.25) is 0 Å². The number of nitrogens with zero attached hydrogens (tertiary/aromatic N) is 1. The molecule has 0 aromatic rings. The molecular formula is C10H20N2. The second-order valence-corrected chi connectivity index (χ2v) is 4.38. The summed E-state index contributed by atoms with van der Waals surface area (Å²) in [4.78, 5) is 2.57. The van der Waals surface area contributed by atoms with Crippen molar-refractivity contribution in [1.82, 2.24) is 10.2 Å². The van der Waals surface area contributed by atoms with E-state index in [1.54, 1.807) is 0 Å². The Morgan fingerprint density at radius 1 is 1.33 bits per heavy atom. The first-order chi connectivity index (χ1) is 5.86. The fourth-order valence-electron chi connectivity index (χ4n) is 2.25. The van der Waals surface area contributed by atoms with Crippen molar-refractivity contribution in [2.45, 2.75) is 31.7 Å². The van der Waals surface area contributed by atoms with E-state index in [1.165, 1.54) is 45.3 Å². The highest BCUT2D eigenvalue weighted by molar-refractivity contribution is 4.81. The minimum atomic E-state index is 0.922. The molecule has 1 saturated heterocycles. The molecule has 2 fully saturated rings. The third kappa shape index (κ3) is 1.80. The zero-order valence-electron chi connectivity index (χ0n) is 8.05. The van der Waals surface area contributed by atoms with E-state index < -0.39 is 0 Å². The van der Waals surface area contributed by atoms with Crippen molar-refractivity contribution in [3.05, 3.63) is 0 Å². The van der Waals surface area contributed by atoms with Crippen molar-refractivity contribution >= 4 is 0 Å². The number of hydrogen-bond donors (Lipinski definition) is 1. The van der Waals surface area contributed by atoms with Gasteiger partial charge in [-0.15, -0.1) is 0 Å². The monoisotopic (exact) mass is 168 g/mol. The largest absolute Gasteiger partial charge is 0.316 e. The van der Waals surface area contributed by atoms with E-state index in [2.05, 4.69) is 17.3 Å². The third-order valence-electron chi connectivity index (χ3n) is 3.41. The Kier molecular flexibility index (Phi) is 2.66. The molecule has 12 heavy (non-hydrogen) atoms. The van der Waals surface area contributed by atoms with Crippen molar-refractivity contribution in [1.29, 1.82) is 0 Å². The van der Waals surface area contributed by atoms with E-state index in [0.29, 0.717) is 0 Å². The van der Waals surface area contributed by atoms with E-state index >= 15 is 0 Å². The highest BCUT2D eigenvalue weighted by Gasteiger charge is 2.24. The van der Waals surface area contributed by atoms with E-state index in [9.17, 15) is 0 Å². The van der Waals surface area contributed by atoms with Crippen molar-refractivity contribution in [3.8, 4) is 0 Å². The van der Waals surface area contributed by atoms with Crippen LogP contribution in [0.4, 0.5) is 0 Å². The van der Waals surface area contributed by atoms with Gasteiger partial charge in [0.25, 0.3) is 0 Å². The molecule has 1 aliphatic carbocycles. The van der Waals surface area contributed by atoms with Crippen LogP contribution in [0.15, 0.2) is 0 Å².